The smallest absolute Gasteiger partial charge is 0.0407 e. The van der Waals surface area contributed by atoms with Gasteiger partial charge in [-0.1, -0.05) is 18.5 Å². The Hall–Kier alpha value is -0.730. The van der Waals surface area contributed by atoms with E-state index in [1.165, 1.54) is 5.69 Å². The first kappa shape index (κ1) is 11.3. The van der Waals surface area contributed by atoms with Gasteiger partial charge in [-0.3, -0.25) is 0 Å². The highest BCUT2D eigenvalue weighted by atomic mass is 35.5. The van der Waals surface area contributed by atoms with E-state index in [0.717, 1.165) is 24.5 Å². The van der Waals surface area contributed by atoms with Gasteiger partial charge in [0, 0.05) is 30.3 Å². The maximum atomic E-state index is 5.83. The summed E-state index contributed by atoms with van der Waals surface area (Å²) in [5, 5.41) is 0.776. The van der Waals surface area contributed by atoms with Crippen LogP contribution in [0.4, 0.5) is 5.69 Å². The Morgan fingerprint density at radius 2 is 1.86 bits per heavy atom. The first-order chi connectivity index (χ1) is 6.77. The van der Waals surface area contributed by atoms with Crippen molar-refractivity contribution in [1.29, 1.82) is 0 Å². The van der Waals surface area contributed by atoms with E-state index in [0.29, 0.717) is 6.54 Å². The monoisotopic (exact) mass is 212 g/mol. The standard InChI is InChI=1S/C11H17ClN2/c1-2-8-14(9-7-13)11-5-3-10(12)4-6-11/h3-6H,2,7-9,13H2,1H3. The zero-order valence-electron chi connectivity index (χ0n) is 8.54. The lowest BCUT2D eigenvalue weighted by atomic mass is 10.2. The fourth-order valence-corrected chi connectivity index (χ4v) is 1.57. The van der Waals surface area contributed by atoms with Crippen molar-refractivity contribution in [2.45, 2.75) is 13.3 Å². The van der Waals surface area contributed by atoms with Gasteiger partial charge in [0.15, 0.2) is 0 Å². The lowest BCUT2D eigenvalue weighted by molar-refractivity contribution is 0.762. The largest absolute Gasteiger partial charge is 0.370 e. The molecule has 0 fully saturated rings. The Kier molecular flexibility index (Phi) is 4.77. The van der Waals surface area contributed by atoms with E-state index >= 15 is 0 Å². The molecular formula is C11H17ClN2. The normalized spacial score (nSPS) is 10.2. The number of rotatable bonds is 5. The van der Waals surface area contributed by atoms with Crippen molar-refractivity contribution >= 4 is 17.3 Å². The molecule has 0 amide bonds. The average Bonchev–Trinajstić information content (AvgIpc) is 2.19. The molecule has 2 nitrogen and oxygen atoms in total. The molecule has 0 radical (unpaired) electrons. The minimum absolute atomic E-state index is 0.683. The Morgan fingerprint density at radius 3 is 2.36 bits per heavy atom. The van der Waals surface area contributed by atoms with Gasteiger partial charge in [0.1, 0.15) is 0 Å². The van der Waals surface area contributed by atoms with Crippen LogP contribution < -0.4 is 10.6 Å². The van der Waals surface area contributed by atoms with Gasteiger partial charge >= 0.3 is 0 Å². The maximum Gasteiger partial charge on any atom is 0.0407 e. The summed E-state index contributed by atoms with van der Waals surface area (Å²) < 4.78 is 0. The quantitative estimate of drug-likeness (QED) is 0.813. The highest BCUT2D eigenvalue weighted by Gasteiger charge is 2.03. The number of nitrogens with two attached hydrogens (primary N) is 1. The van der Waals surface area contributed by atoms with E-state index in [-0.39, 0.29) is 0 Å². The van der Waals surface area contributed by atoms with Crippen molar-refractivity contribution < 1.29 is 0 Å². The molecule has 0 saturated carbocycles. The molecule has 1 aromatic rings. The molecule has 3 heteroatoms. The van der Waals surface area contributed by atoms with E-state index < -0.39 is 0 Å². The summed E-state index contributed by atoms with van der Waals surface area (Å²) in [6.45, 7) is 4.79. The van der Waals surface area contributed by atoms with Crippen molar-refractivity contribution in [3.8, 4) is 0 Å². The molecule has 0 atom stereocenters. The van der Waals surface area contributed by atoms with Gasteiger partial charge in [-0.2, -0.15) is 0 Å². The first-order valence-electron chi connectivity index (χ1n) is 4.98. The van der Waals surface area contributed by atoms with E-state index in [1.807, 2.05) is 24.3 Å². The molecule has 0 unspecified atom stereocenters. The van der Waals surface area contributed by atoms with Crippen LogP contribution in [0.2, 0.25) is 5.02 Å². The summed E-state index contributed by atoms with van der Waals surface area (Å²) in [4.78, 5) is 2.27. The third-order valence-electron chi connectivity index (χ3n) is 2.08. The second kappa shape index (κ2) is 5.89. The lowest BCUT2D eigenvalue weighted by Gasteiger charge is -2.23. The number of hydrogen-bond donors (Lipinski definition) is 1. The van der Waals surface area contributed by atoms with Gasteiger partial charge in [-0.25, -0.2) is 0 Å². The molecule has 0 saturated heterocycles. The van der Waals surface area contributed by atoms with Gasteiger partial charge in [0.25, 0.3) is 0 Å². The van der Waals surface area contributed by atoms with Crippen LogP contribution in [0.5, 0.6) is 0 Å². The van der Waals surface area contributed by atoms with Crippen LogP contribution in [0.15, 0.2) is 24.3 Å². The summed E-state index contributed by atoms with van der Waals surface area (Å²) in [6.07, 6.45) is 1.13. The van der Waals surface area contributed by atoms with Crippen molar-refractivity contribution in [3.63, 3.8) is 0 Å². The number of benzene rings is 1. The molecule has 0 heterocycles. The minimum Gasteiger partial charge on any atom is -0.370 e. The Balaban J connectivity index is 2.71. The molecular weight excluding hydrogens is 196 g/mol. The number of anilines is 1. The van der Waals surface area contributed by atoms with E-state index in [1.54, 1.807) is 0 Å². The van der Waals surface area contributed by atoms with Gasteiger partial charge in [-0.15, -0.1) is 0 Å². The van der Waals surface area contributed by atoms with Crippen molar-refractivity contribution in [2.24, 2.45) is 5.73 Å². The van der Waals surface area contributed by atoms with Crippen LogP contribution in [0.1, 0.15) is 13.3 Å². The predicted octanol–water partition coefficient (Wildman–Crippen LogP) is 2.52. The SMILES string of the molecule is CCCN(CCN)c1ccc(Cl)cc1. The van der Waals surface area contributed by atoms with Crippen LogP contribution in [0.3, 0.4) is 0 Å². The van der Waals surface area contributed by atoms with Crippen LogP contribution in [-0.4, -0.2) is 19.6 Å². The number of hydrogen-bond acceptors (Lipinski definition) is 2. The molecule has 2 N–H and O–H groups in total. The lowest BCUT2D eigenvalue weighted by Crippen LogP contribution is -2.29. The molecule has 1 aromatic carbocycles. The molecule has 0 aliphatic rings. The second-order valence-corrected chi connectivity index (χ2v) is 3.69. The van der Waals surface area contributed by atoms with Gasteiger partial charge < -0.3 is 10.6 Å². The van der Waals surface area contributed by atoms with E-state index in [2.05, 4.69) is 11.8 Å². The Labute approximate surface area is 90.7 Å². The first-order valence-corrected chi connectivity index (χ1v) is 5.36. The average molecular weight is 213 g/mol. The van der Waals surface area contributed by atoms with Crippen LogP contribution in [0.25, 0.3) is 0 Å². The van der Waals surface area contributed by atoms with Crippen molar-refractivity contribution in [3.05, 3.63) is 29.3 Å². The molecule has 78 valence electrons. The molecule has 0 bridgehead atoms. The van der Waals surface area contributed by atoms with Crippen LogP contribution in [0, 0.1) is 0 Å². The van der Waals surface area contributed by atoms with Gasteiger partial charge in [0.2, 0.25) is 0 Å². The highest BCUT2D eigenvalue weighted by Crippen LogP contribution is 2.17. The fourth-order valence-electron chi connectivity index (χ4n) is 1.45. The van der Waals surface area contributed by atoms with Crippen LogP contribution >= 0.6 is 11.6 Å². The number of nitrogens with zero attached hydrogens (tertiary/aromatic N) is 1. The third kappa shape index (κ3) is 3.20. The molecule has 14 heavy (non-hydrogen) atoms. The predicted molar refractivity (Wildman–Crippen MR) is 63.0 cm³/mol. The summed E-state index contributed by atoms with van der Waals surface area (Å²) >= 11 is 5.83. The Bertz CT molecular complexity index is 252. The Morgan fingerprint density at radius 1 is 1.21 bits per heavy atom. The summed E-state index contributed by atoms with van der Waals surface area (Å²) in [5.41, 5.74) is 6.76. The van der Waals surface area contributed by atoms with Crippen molar-refractivity contribution in [2.75, 3.05) is 24.5 Å². The van der Waals surface area contributed by atoms with Crippen LogP contribution in [-0.2, 0) is 0 Å². The zero-order valence-corrected chi connectivity index (χ0v) is 9.30. The minimum atomic E-state index is 0.683. The third-order valence-corrected chi connectivity index (χ3v) is 2.34. The summed E-state index contributed by atoms with van der Waals surface area (Å²) in [6, 6.07) is 7.90. The highest BCUT2D eigenvalue weighted by molar-refractivity contribution is 6.30. The van der Waals surface area contributed by atoms with E-state index in [4.69, 9.17) is 17.3 Å². The summed E-state index contributed by atoms with van der Waals surface area (Å²) in [7, 11) is 0. The maximum absolute atomic E-state index is 5.83. The second-order valence-electron chi connectivity index (χ2n) is 3.25. The topological polar surface area (TPSA) is 29.3 Å². The molecule has 0 aliphatic carbocycles. The molecule has 0 spiro atoms. The van der Waals surface area contributed by atoms with E-state index in [9.17, 15) is 0 Å². The molecule has 0 aliphatic heterocycles. The van der Waals surface area contributed by atoms with Crippen molar-refractivity contribution in [1.82, 2.24) is 0 Å². The molecule has 0 aromatic heterocycles. The van der Waals surface area contributed by atoms with Gasteiger partial charge in [0.05, 0.1) is 0 Å². The fraction of sp³-hybridized carbons (Fsp3) is 0.455. The number of halogens is 1. The zero-order chi connectivity index (χ0) is 10.4. The molecule has 1 rings (SSSR count). The summed E-state index contributed by atoms with van der Waals surface area (Å²) in [5.74, 6) is 0. The van der Waals surface area contributed by atoms with Gasteiger partial charge in [-0.05, 0) is 30.7 Å².